The van der Waals surface area contributed by atoms with Gasteiger partial charge in [0.25, 0.3) is 5.91 Å². The molecule has 3 rings (SSSR count). The molecule has 0 aliphatic carbocycles. The number of aromatic nitrogens is 5. The first kappa shape index (κ1) is 19.9. The fourth-order valence-electron chi connectivity index (χ4n) is 2.79. The van der Waals surface area contributed by atoms with E-state index in [1.807, 2.05) is 13.8 Å². The molecule has 2 heterocycles. The van der Waals surface area contributed by atoms with Crippen LogP contribution in [0.15, 0.2) is 47.5 Å². The van der Waals surface area contributed by atoms with E-state index in [-0.39, 0.29) is 23.2 Å². The number of hydrogen-bond acceptors (Lipinski definition) is 6. The molecule has 1 N–H and O–H groups in total. The second-order valence-corrected chi connectivity index (χ2v) is 6.92. The number of carbonyl (C=O) groups is 1. The molecule has 0 spiro atoms. The van der Waals surface area contributed by atoms with E-state index >= 15 is 0 Å². The number of amides is 1. The Hall–Kier alpha value is -2.88. The van der Waals surface area contributed by atoms with Crippen molar-refractivity contribution in [3.05, 3.63) is 58.8 Å². The van der Waals surface area contributed by atoms with Gasteiger partial charge in [-0.1, -0.05) is 6.07 Å². The van der Waals surface area contributed by atoms with E-state index in [1.54, 1.807) is 23.4 Å². The number of benzene rings is 1. The zero-order valence-corrected chi connectivity index (χ0v) is 17.0. The number of anilines is 1. The topological polar surface area (TPSA) is 88.8 Å². The molecule has 1 atom stereocenters. The van der Waals surface area contributed by atoms with Crippen molar-refractivity contribution in [2.45, 2.75) is 19.9 Å². The Balaban J connectivity index is 1.80. The Morgan fingerprint density at radius 2 is 1.96 bits per heavy atom. The molecule has 1 aromatic carbocycles. The van der Waals surface area contributed by atoms with Crippen LogP contribution in [0.1, 0.15) is 24.2 Å². The average molecular weight is 448 g/mol. The predicted octanol–water partition coefficient (Wildman–Crippen LogP) is 2.92. The quantitative estimate of drug-likeness (QED) is 0.598. The van der Waals surface area contributed by atoms with E-state index in [9.17, 15) is 9.18 Å². The summed E-state index contributed by atoms with van der Waals surface area (Å²) in [4.78, 5) is 24.2. The third-order valence-electron chi connectivity index (χ3n) is 4.15. The van der Waals surface area contributed by atoms with Gasteiger partial charge in [0.05, 0.1) is 22.4 Å². The molecule has 0 bridgehead atoms. The van der Waals surface area contributed by atoms with Crippen molar-refractivity contribution in [1.82, 2.24) is 29.9 Å². The fourth-order valence-corrected chi connectivity index (χ4v) is 2.99. The van der Waals surface area contributed by atoms with Crippen LogP contribution >= 0.6 is 15.9 Å². The van der Waals surface area contributed by atoms with Crippen molar-refractivity contribution >= 4 is 27.8 Å². The van der Waals surface area contributed by atoms with Crippen molar-refractivity contribution in [2.75, 3.05) is 18.4 Å². The number of nitrogens with zero attached hydrogens (tertiary/aromatic N) is 6. The highest BCUT2D eigenvalue weighted by Crippen LogP contribution is 2.20. The molecule has 8 nitrogen and oxygen atoms in total. The number of hydrogen-bond donors (Lipinski definition) is 1. The Kier molecular flexibility index (Phi) is 6.30. The van der Waals surface area contributed by atoms with Crippen molar-refractivity contribution in [3.63, 3.8) is 0 Å². The number of halogens is 2. The summed E-state index contributed by atoms with van der Waals surface area (Å²) in [5.74, 6) is -0.404. The number of nitrogens with one attached hydrogen (secondary N) is 1. The van der Waals surface area contributed by atoms with Gasteiger partial charge in [-0.15, -0.1) is 4.80 Å². The van der Waals surface area contributed by atoms with Gasteiger partial charge >= 0.3 is 0 Å². The molecule has 2 aromatic heterocycles. The standard InChI is InChI=1S/C18H19BrFN7O/c1-3-26(12(2)9-21-18-22-10-13(19)11-23-18)17(28)14-5-4-6-15(20)16(14)27-24-7-8-25-27/h4-8,10-12H,3,9H2,1-2H3,(H,21,22,23). The minimum atomic E-state index is -0.563. The Labute approximate surface area is 169 Å². The highest BCUT2D eigenvalue weighted by Gasteiger charge is 2.25. The minimum Gasteiger partial charge on any atom is -0.352 e. The lowest BCUT2D eigenvalue weighted by molar-refractivity contribution is 0.0711. The lowest BCUT2D eigenvalue weighted by Gasteiger charge is -2.29. The normalized spacial score (nSPS) is 11.9. The number of carbonyl (C=O) groups excluding carboxylic acids is 1. The maximum atomic E-state index is 14.4. The first-order valence-electron chi connectivity index (χ1n) is 8.68. The van der Waals surface area contributed by atoms with E-state index in [4.69, 9.17) is 0 Å². The van der Waals surface area contributed by atoms with Crippen molar-refractivity contribution < 1.29 is 9.18 Å². The van der Waals surface area contributed by atoms with Crippen LogP contribution in [0, 0.1) is 5.82 Å². The smallest absolute Gasteiger partial charge is 0.256 e. The molecule has 28 heavy (non-hydrogen) atoms. The summed E-state index contributed by atoms with van der Waals surface area (Å²) in [5.41, 5.74) is 0.233. The van der Waals surface area contributed by atoms with Crippen molar-refractivity contribution in [3.8, 4) is 5.69 Å². The van der Waals surface area contributed by atoms with Crippen LogP contribution < -0.4 is 5.32 Å². The molecule has 146 valence electrons. The summed E-state index contributed by atoms with van der Waals surface area (Å²) in [5, 5.41) is 11.0. The molecule has 0 radical (unpaired) electrons. The first-order chi connectivity index (χ1) is 13.5. The van der Waals surface area contributed by atoms with E-state index in [0.717, 1.165) is 9.27 Å². The molecule has 1 unspecified atom stereocenters. The summed E-state index contributed by atoms with van der Waals surface area (Å²) < 4.78 is 15.2. The zero-order chi connectivity index (χ0) is 20.1. The van der Waals surface area contributed by atoms with Crippen LogP contribution in [-0.2, 0) is 0 Å². The Morgan fingerprint density at radius 3 is 2.61 bits per heavy atom. The number of likely N-dealkylation sites (N-methyl/N-ethyl adjacent to an activating group) is 1. The summed E-state index contributed by atoms with van der Waals surface area (Å²) in [6, 6.07) is 4.17. The molecule has 0 fully saturated rings. The molecule has 0 aliphatic heterocycles. The SMILES string of the molecule is CCN(C(=O)c1cccc(F)c1-n1nccn1)C(C)CNc1ncc(Br)cn1. The van der Waals surface area contributed by atoms with Crippen LogP contribution in [0.5, 0.6) is 0 Å². The van der Waals surface area contributed by atoms with Gasteiger partial charge in [-0.3, -0.25) is 4.79 Å². The highest BCUT2D eigenvalue weighted by atomic mass is 79.9. The Bertz CT molecular complexity index is 934. The highest BCUT2D eigenvalue weighted by molar-refractivity contribution is 9.10. The minimum absolute atomic E-state index is 0.0346. The lowest BCUT2D eigenvalue weighted by Crippen LogP contribution is -2.42. The lowest BCUT2D eigenvalue weighted by atomic mass is 10.1. The largest absolute Gasteiger partial charge is 0.352 e. The molecule has 0 saturated heterocycles. The summed E-state index contributed by atoms with van der Waals surface area (Å²) in [6.07, 6.45) is 6.14. The van der Waals surface area contributed by atoms with Gasteiger partial charge in [-0.2, -0.15) is 10.2 Å². The van der Waals surface area contributed by atoms with E-state index in [0.29, 0.717) is 19.0 Å². The van der Waals surface area contributed by atoms with Gasteiger partial charge in [0, 0.05) is 31.5 Å². The summed E-state index contributed by atoms with van der Waals surface area (Å²) in [7, 11) is 0. The second-order valence-electron chi connectivity index (χ2n) is 6.00. The molecule has 1 amide bonds. The van der Waals surface area contributed by atoms with Crippen molar-refractivity contribution in [2.24, 2.45) is 0 Å². The van der Waals surface area contributed by atoms with Crippen molar-refractivity contribution in [1.29, 1.82) is 0 Å². The van der Waals surface area contributed by atoms with E-state index < -0.39 is 5.82 Å². The zero-order valence-electron chi connectivity index (χ0n) is 15.4. The maximum Gasteiger partial charge on any atom is 0.256 e. The third kappa shape index (κ3) is 4.33. The molecule has 3 aromatic rings. The van der Waals surface area contributed by atoms with Crippen LogP contribution in [0.4, 0.5) is 10.3 Å². The molecule has 0 saturated carbocycles. The number of para-hydroxylation sites is 1. The van der Waals surface area contributed by atoms with Gasteiger partial charge in [-0.25, -0.2) is 14.4 Å². The van der Waals surface area contributed by atoms with E-state index in [1.165, 1.54) is 24.5 Å². The molecular weight excluding hydrogens is 429 g/mol. The van der Waals surface area contributed by atoms with E-state index in [2.05, 4.69) is 41.4 Å². The molecular formula is C18H19BrFN7O. The van der Waals surface area contributed by atoms with Gasteiger partial charge < -0.3 is 10.2 Å². The Morgan fingerprint density at radius 1 is 1.29 bits per heavy atom. The predicted molar refractivity (Wildman–Crippen MR) is 106 cm³/mol. The molecule has 0 aliphatic rings. The number of rotatable bonds is 7. The summed E-state index contributed by atoms with van der Waals surface area (Å²) in [6.45, 7) is 4.66. The van der Waals surface area contributed by atoms with Gasteiger partial charge in [0.1, 0.15) is 5.69 Å². The summed E-state index contributed by atoms with van der Waals surface area (Å²) >= 11 is 3.29. The van der Waals surface area contributed by atoms with Crippen LogP contribution in [0.3, 0.4) is 0 Å². The second kappa shape index (κ2) is 8.87. The van der Waals surface area contributed by atoms with Gasteiger partial charge in [0.2, 0.25) is 5.95 Å². The van der Waals surface area contributed by atoms with Gasteiger partial charge in [0.15, 0.2) is 5.82 Å². The fraction of sp³-hybridized carbons (Fsp3) is 0.278. The van der Waals surface area contributed by atoms with Crippen LogP contribution in [-0.4, -0.2) is 54.9 Å². The van der Waals surface area contributed by atoms with Crippen LogP contribution in [0.25, 0.3) is 5.69 Å². The van der Waals surface area contributed by atoms with Crippen LogP contribution in [0.2, 0.25) is 0 Å². The average Bonchev–Trinajstić information content (AvgIpc) is 3.22. The van der Waals surface area contributed by atoms with Gasteiger partial charge in [-0.05, 0) is 41.9 Å². The monoisotopic (exact) mass is 447 g/mol. The first-order valence-corrected chi connectivity index (χ1v) is 9.48. The maximum absolute atomic E-state index is 14.4. The third-order valence-corrected chi connectivity index (χ3v) is 4.55. The molecule has 10 heteroatoms.